The number of benzene rings is 1. The molecule has 2 atom stereocenters. The lowest BCUT2D eigenvalue weighted by Gasteiger charge is -2.24. The number of fused-ring (bicyclic) bond motifs is 1. The van der Waals surface area contributed by atoms with Crippen molar-refractivity contribution in [3.8, 4) is 11.8 Å². The first-order valence-electron chi connectivity index (χ1n) is 8.30. The van der Waals surface area contributed by atoms with Crippen LogP contribution in [0.1, 0.15) is 36.8 Å². The third-order valence-electron chi connectivity index (χ3n) is 5.00. The Kier molecular flexibility index (Phi) is 3.75. The zero-order chi connectivity index (χ0) is 15.6. The van der Waals surface area contributed by atoms with Gasteiger partial charge in [-0.25, -0.2) is 9.37 Å². The van der Waals surface area contributed by atoms with Crippen molar-refractivity contribution in [3.63, 3.8) is 0 Å². The molecule has 0 bridgehead atoms. The first-order chi connectivity index (χ1) is 11.3. The van der Waals surface area contributed by atoms with Gasteiger partial charge < -0.3 is 4.90 Å². The first kappa shape index (κ1) is 14.3. The van der Waals surface area contributed by atoms with E-state index >= 15 is 0 Å². The fourth-order valence-electron chi connectivity index (χ4n) is 3.83. The Hall–Kier alpha value is -2.34. The zero-order valence-corrected chi connectivity index (χ0v) is 13.0. The number of hydrogen-bond donors (Lipinski definition) is 0. The fraction of sp³-hybridized carbons (Fsp3) is 0.350. The van der Waals surface area contributed by atoms with E-state index in [-0.39, 0.29) is 5.82 Å². The Morgan fingerprint density at radius 3 is 2.52 bits per heavy atom. The number of rotatable bonds is 1. The van der Waals surface area contributed by atoms with Gasteiger partial charge in [0.2, 0.25) is 0 Å². The molecule has 0 amide bonds. The van der Waals surface area contributed by atoms with Crippen LogP contribution in [0.15, 0.2) is 42.6 Å². The predicted octanol–water partition coefficient (Wildman–Crippen LogP) is 4.00. The van der Waals surface area contributed by atoms with E-state index in [9.17, 15) is 4.39 Å². The summed E-state index contributed by atoms with van der Waals surface area (Å²) in [7, 11) is 0. The lowest BCUT2D eigenvalue weighted by Crippen LogP contribution is -2.30. The summed E-state index contributed by atoms with van der Waals surface area (Å²) in [5, 5.41) is 0. The molecule has 2 nitrogen and oxygen atoms in total. The summed E-state index contributed by atoms with van der Waals surface area (Å²) < 4.78 is 12.9. The van der Waals surface area contributed by atoms with Gasteiger partial charge in [-0.1, -0.05) is 18.3 Å². The van der Waals surface area contributed by atoms with Gasteiger partial charge in [-0.2, -0.15) is 0 Å². The number of anilines is 1. The summed E-state index contributed by atoms with van der Waals surface area (Å²) in [6, 6.07) is 11.0. The van der Waals surface area contributed by atoms with E-state index in [0.717, 1.165) is 29.4 Å². The number of hydrogen-bond acceptors (Lipinski definition) is 2. The van der Waals surface area contributed by atoms with Crippen molar-refractivity contribution < 1.29 is 4.39 Å². The summed E-state index contributed by atoms with van der Waals surface area (Å²) in [6.07, 6.45) is 7.18. The minimum atomic E-state index is -0.239. The van der Waals surface area contributed by atoms with Crippen LogP contribution in [-0.4, -0.2) is 17.6 Å². The summed E-state index contributed by atoms with van der Waals surface area (Å²) in [6.45, 7) is 1.13. The molecule has 3 heteroatoms. The summed E-state index contributed by atoms with van der Waals surface area (Å²) in [4.78, 5) is 7.08. The van der Waals surface area contributed by atoms with Gasteiger partial charge in [-0.05, 0) is 61.6 Å². The van der Waals surface area contributed by atoms with Crippen molar-refractivity contribution in [3.05, 3.63) is 59.5 Å². The quantitative estimate of drug-likeness (QED) is 0.740. The minimum absolute atomic E-state index is 0.239. The van der Waals surface area contributed by atoms with Crippen molar-refractivity contribution >= 4 is 5.82 Å². The molecule has 1 saturated heterocycles. The highest BCUT2D eigenvalue weighted by molar-refractivity contribution is 5.47. The van der Waals surface area contributed by atoms with E-state index < -0.39 is 0 Å². The maximum absolute atomic E-state index is 12.9. The molecule has 1 aliphatic heterocycles. The van der Waals surface area contributed by atoms with Crippen LogP contribution in [-0.2, 0) is 0 Å². The molecule has 116 valence electrons. The molecule has 0 spiro atoms. The van der Waals surface area contributed by atoms with E-state index in [0.29, 0.717) is 6.04 Å². The van der Waals surface area contributed by atoms with Crippen molar-refractivity contribution in [2.45, 2.75) is 31.7 Å². The first-order valence-corrected chi connectivity index (χ1v) is 8.30. The van der Waals surface area contributed by atoms with Gasteiger partial charge in [-0.15, -0.1) is 0 Å². The van der Waals surface area contributed by atoms with E-state index in [4.69, 9.17) is 0 Å². The third-order valence-corrected chi connectivity index (χ3v) is 5.00. The monoisotopic (exact) mass is 306 g/mol. The van der Waals surface area contributed by atoms with Crippen LogP contribution in [0.5, 0.6) is 0 Å². The van der Waals surface area contributed by atoms with Gasteiger partial charge in [0, 0.05) is 29.9 Å². The van der Waals surface area contributed by atoms with Crippen LogP contribution >= 0.6 is 0 Å². The Labute approximate surface area is 136 Å². The summed E-state index contributed by atoms with van der Waals surface area (Å²) in [5.41, 5.74) is 1.70. The smallest absolute Gasteiger partial charge is 0.128 e. The average Bonchev–Trinajstić information content (AvgIpc) is 3.18. The standard InChI is InChI=1S/C20H19FN2/c21-18-9-6-15(7-10-18)4-5-16-8-11-20(22-14-16)23-13-12-17-2-1-3-19(17)23/h6-11,14,17,19H,1-3,12-13H2/t17-,19-/m1/s1. The Bertz CT molecular complexity index is 740. The van der Waals surface area contributed by atoms with Gasteiger partial charge >= 0.3 is 0 Å². The molecule has 1 saturated carbocycles. The van der Waals surface area contributed by atoms with E-state index in [1.807, 2.05) is 12.3 Å². The predicted molar refractivity (Wildman–Crippen MR) is 89.7 cm³/mol. The summed E-state index contributed by atoms with van der Waals surface area (Å²) in [5.74, 6) is 7.84. The molecule has 0 radical (unpaired) electrons. The number of halogens is 1. The van der Waals surface area contributed by atoms with Crippen LogP contribution in [0.2, 0.25) is 0 Å². The van der Waals surface area contributed by atoms with E-state index in [1.54, 1.807) is 12.1 Å². The molecule has 2 fully saturated rings. The fourth-order valence-corrected chi connectivity index (χ4v) is 3.83. The lowest BCUT2D eigenvalue weighted by atomic mass is 10.0. The second kappa shape index (κ2) is 6.04. The van der Waals surface area contributed by atoms with Gasteiger partial charge in [0.05, 0.1) is 0 Å². The number of nitrogens with zero attached hydrogens (tertiary/aromatic N) is 2. The van der Waals surface area contributed by atoms with Gasteiger partial charge in [0.25, 0.3) is 0 Å². The highest BCUT2D eigenvalue weighted by atomic mass is 19.1. The molecule has 0 unspecified atom stereocenters. The molecular formula is C20H19FN2. The molecule has 2 aliphatic rings. The van der Waals surface area contributed by atoms with Crippen LogP contribution in [0.3, 0.4) is 0 Å². The van der Waals surface area contributed by atoms with Crippen LogP contribution in [0.25, 0.3) is 0 Å². The van der Waals surface area contributed by atoms with Crippen molar-refractivity contribution in [2.75, 3.05) is 11.4 Å². The maximum atomic E-state index is 12.9. The van der Waals surface area contributed by atoms with E-state index in [1.165, 1.54) is 37.8 Å². The molecule has 0 N–H and O–H groups in total. The van der Waals surface area contributed by atoms with Crippen molar-refractivity contribution in [1.29, 1.82) is 0 Å². The summed E-state index contributed by atoms with van der Waals surface area (Å²) >= 11 is 0. The van der Waals surface area contributed by atoms with Crippen LogP contribution in [0, 0.1) is 23.6 Å². The van der Waals surface area contributed by atoms with Gasteiger partial charge in [-0.3, -0.25) is 0 Å². The lowest BCUT2D eigenvalue weighted by molar-refractivity contribution is 0.540. The van der Waals surface area contributed by atoms with E-state index in [2.05, 4.69) is 27.8 Å². The van der Waals surface area contributed by atoms with Gasteiger partial charge in [0.1, 0.15) is 11.6 Å². The molecule has 2 aromatic rings. The zero-order valence-electron chi connectivity index (χ0n) is 13.0. The molecular weight excluding hydrogens is 287 g/mol. The number of aromatic nitrogens is 1. The maximum Gasteiger partial charge on any atom is 0.128 e. The third kappa shape index (κ3) is 2.94. The topological polar surface area (TPSA) is 16.1 Å². The van der Waals surface area contributed by atoms with Crippen molar-refractivity contribution in [1.82, 2.24) is 4.98 Å². The Morgan fingerprint density at radius 1 is 0.957 bits per heavy atom. The molecule has 23 heavy (non-hydrogen) atoms. The molecule has 1 aromatic carbocycles. The molecule has 1 aliphatic carbocycles. The average molecular weight is 306 g/mol. The molecule has 2 heterocycles. The van der Waals surface area contributed by atoms with Crippen molar-refractivity contribution in [2.24, 2.45) is 5.92 Å². The van der Waals surface area contributed by atoms with Gasteiger partial charge in [0.15, 0.2) is 0 Å². The molecule has 4 rings (SSSR count). The largest absolute Gasteiger partial charge is 0.353 e. The minimum Gasteiger partial charge on any atom is -0.353 e. The second-order valence-electron chi connectivity index (χ2n) is 6.40. The number of pyridine rings is 1. The Balaban J connectivity index is 1.49. The SMILES string of the molecule is Fc1ccc(C#Cc2ccc(N3CC[C@H]4CCC[C@H]43)nc2)cc1. The van der Waals surface area contributed by atoms with Crippen LogP contribution < -0.4 is 4.90 Å². The Morgan fingerprint density at radius 2 is 1.74 bits per heavy atom. The second-order valence-corrected chi connectivity index (χ2v) is 6.40. The van der Waals surface area contributed by atoms with Crippen LogP contribution in [0.4, 0.5) is 10.2 Å². The highest BCUT2D eigenvalue weighted by Crippen LogP contribution is 2.39. The normalized spacial score (nSPS) is 22.6. The molecule has 1 aromatic heterocycles. The highest BCUT2D eigenvalue weighted by Gasteiger charge is 2.37.